The SMILES string of the molecule is CNCc1ccc(-n2cnc(C)c2C)nn1. The van der Waals surface area contributed by atoms with Gasteiger partial charge in [-0.25, -0.2) is 4.98 Å². The molecule has 0 aromatic carbocycles. The average molecular weight is 217 g/mol. The molecule has 2 heterocycles. The van der Waals surface area contributed by atoms with Crippen LogP contribution in [0.15, 0.2) is 18.5 Å². The van der Waals surface area contributed by atoms with Crippen LogP contribution in [0.5, 0.6) is 0 Å². The molecule has 2 aromatic rings. The Balaban J connectivity index is 2.31. The summed E-state index contributed by atoms with van der Waals surface area (Å²) in [5, 5.41) is 11.3. The topological polar surface area (TPSA) is 55.6 Å². The van der Waals surface area contributed by atoms with Crippen LogP contribution >= 0.6 is 0 Å². The zero-order valence-electron chi connectivity index (χ0n) is 9.73. The number of aryl methyl sites for hydroxylation is 1. The summed E-state index contributed by atoms with van der Waals surface area (Å²) in [5.41, 5.74) is 3.04. The molecule has 0 aliphatic heterocycles. The minimum atomic E-state index is 0.731. The normalized spacial score (nSPS) is 10.7. The Morgan fingerprint density at radius 2 is 2.06 bits per heavy atom. The molecule has 2 aromatic heterocycles. The van der Waals surface area contributed by atoms with Crippen molar-refractivity contribution >= 4 is 0 Å². The van der Waals surface area contributed by atoms with Crippen molar-refractivity contribution in [2.75, 3.05) is 7.05 Å². The predicted octanol–water partition coefficient (Wildman–Crippen LogP) is 0.999. The molecule has 16 heavy (non-hydrogen) atoms. The zero-order chi connectivity index (χ0) is 11.5. The molecule has 0 aliphatic rings. The first-order valence-electron chi connectivity index (χ1n) is 5.20. The van der Waals surface area contributed by atoms with Crippen LogP contribution in [-0.4, -0.2) is 26.8 Å². The molecule has 0 radical (unpaired) electrons. The summed E-state index contributed by atoms with van der Waals surface area (Å²) >= 11 is 0. The highest BCUT2D eigenvalue weighted by molar-refractivity contribution is 5.27. The van der Waals surface area contributed by atoms with E-state index in [0.29, 0.717) is 0 Å². The number of imidazole rings is 1. The number of nitrogens with one attached hydrogen (secondary N) is 1. The van der Waals surface area contributed by atoms with Crippen molar-refractivity contribution in [3.05, 3.63) is 35.5 Å². The minimum absolute atomic E-state index is 0.731. The van der Waals surface area contributed by atoms with Gasteiger partial charge in [-0.2, -0.15) is 5.10 Å². The molecule has 0 amide bonds. The number of nitrogens with zero attached hydrogens (tertiary/aromatic N) is 4. The monoisotopic (exact) mass is 217 g/mol. The lowest BCUT2D eigenvalue weighted by molar-refractivity contribution is 0.757. The van der Waals surface area contributed by atoms with Crippen LogP contribution in [-0.2, 0) is 6.54 Å². The summed E-state index contributed by atoms with van der Waals surface area (Å²) in [6.45, 7) is 4.73. The lowest BCUT2D eigenvalue weighted by Crippen LogP contribution is -2.09. The van der Waals surface area contributed by atoms with Crippen LogP contribution in [0.3, 0.4) is 0 Å². The molecule has 5 heteroatoms. The molecule has 1 N–H and O–H groups in total. The molecular weight excluding hydrogens is 202 g/mol. The van der Waals surface area contributed by atoms with Crippen LogP contribution in [0.2, 0.25) is 0 Å². The fourth-order valence-electron chi connectivity index (χ4n) is 1.49. The molecule has 0 unspecified atom stereocenters. The zero-order valence-corrected chi connectivity index (χ0v) is 9.73. The summed E-state index contributed by atoms with van der Waals surface area (Å²) < 4.78 is 1.94. The first-order valence-corrected chi connectivity index (χ1v) is 5.20. The maximum absolute atomic E-state index is 4.23. The second-order valence-corrected chi connectivity index (χ2v) is 3.70. The van der Waals surface area contributed by atoms with Gasteiger partial charge in [-0.1, -0.05) is 0 Å². The van der Waals surface area contributed by atoms with Crippen LogP contribution in [0, 0.1) is 13.8 Å². The molecule has 0 aliphatic carbocycles. The third kappa shape index (κ3) is 1.94. The van der Waals surface area contributed by atoms with Crippen molar-refractivity contribution in [2.24, 2.45) is 0 Å². The van der Waals surface area contributed by atoms with Gasteiger partial charge < -0.3 is 5.32 Å². The van der Waals surface area contributed by atoms with Crippen molar-refractivity contribution < 1.29 is 0 Å². The van der Waals surface area contributed by atoms with Gasteiger partial charge in [0.25, 0.3) is 0 Å². The Hall–Kier alpha value is -1.75. The maximum atomic E-state index is 4.23. The van der Waals surface area contributed by atoms with Gasteiger partial charge in [0, 0.05) is 12.2 Å². The molecule has 0 spiro atoms. The van der Waals surface area contributed by atoms with Crippen molar-refractivity contribution in [1.29, 1.82) is 0 Å². The van der Waals surface area contributed by atoms with E-state index in [1.807, 2.05) is 37.6 Å². The van der Waals surface area contributed by atoms with E-state index >= 15 is 0 Å². The van der Waals surface area contributed by atoms with Gasteiger partial charge in [0.1, 0.15) is 6.33 Å². The number of hydrogen-bond donors (Lipinski definition) is 1. The largest absolute Gasteiger partial charge is 0.314 e. The molecule has 2 rings (SSSR count). The second kappa shape index (κ2) is 4.40. The summed E-state index contributed by atoms with van der Waals surface area (Å²) in [6.07, 6.45) is 1.77. The highest BCUT2D eigenvalue weighted by atomic mass is 15.2. The van der Waals surface area contributed by atoms with Gasteiger partial charge in [0.2, 0.25) is 0 Å². The fourth-order valence-corrected chi connectivity index (χ4v) is 1.49. The van der Waals surface area contributed by atoms with Gasteiger partial charge in [-0.05, 0) is 33.0 Å². The van der Waals surface area contributed by atoms with Crippen molar-refractivity contribution in [3.63, 3.8) is 0 Å². The van der Waals surface area contributed by atoms with E-state index in [0.717, 1.165) is 29.4 Å². The van der Waals surface area contributed by atoms with Crippen LogP contribution in [0.4, 0.5) is 0 Å². The Morgan fingerprint density at radius 3 is 2.56 bits per heavy atom. The minimum Gasteiger partial charge on any atom is -0.314 e. The highest BCUT2D eigenvalue weighted by Gasteiger charge is 2.05. The van der Waals surface area contributed by atoms with Crippen LogP contribution < -0.4 is 5.32 Å². The Bertz CT molecular complexity index is 472. The first kappa shape index (κ1) is 10.8. The third-order valence-electron chi connectivity index (χ3n) is 2.56. The number of aromatic nitrogens is 4. The average Bonchev–Trinajstić information content (AvgIpc) is 2.62. The van der Waals surface area contributed by atoms with Crippen molar-refractivity contribution in [3.8, 4) is 5.82 Å². The quantitative estimate of drug-likeness (QED) is 0.833. The Morgan fingerprint density at radius 1 is 1.25 bits per heavy atom. The molecule has 5 nitrogen and oxygen atoms in total. The predicted molar refractivity (Wildman–Crippen MR) is 61.4 cm³/mol. The van der Waals surface area contributed by atoms with Crippen molar-refractivity contribution in [1.82, 2.24) is 25.1 Å². The van der Waals surface area contributed by atoms with E-state index in [-0.39, 0.29) is 0 Å². The number of rotatable bonds is 3. The van der Waals surface area contributed by atoms with E-state index < -0.39 is 0 Å². The number of hydrogen-bond acceptors (Lipinski definition) is 4. The van der Waals surface area contributed by atoms with Gasteiger partial charge in [0.15, 0.2) is 5.82 Å². The van der Waals surface area contributed by atoms with Gasteiger partial charge in [-0.15, -0.1) is 5.10 Å². The van der Waals surface area contributed by atoms with E-state index in [1.54, 1.807) is 6.33 Å². The van der Waals surface area contributed by atoms with E-state index in [4.69, 9.17) is 0 Å². The van der Waals surface area contributed by atoms with Gasteiger partial charge >= 0.3 is 0 Å². The Labute approximate surface area is 94.5 Å². The van der Waals surface area contributed by atoms with Crippen molar-refractivity contribution in [2.45, 2.75) is 20.4 Å². The van der Waals surface area contributed by atoms with Crippen LogP contribution in [0.1, 0.15) is 17.1 Å². The standard InChI is InChI=1S/C11H15N5/c1-8-9(2)16(7-13-8)11-5-4-10(6-12-3)14-15-11/h4-5,7,12H,6H2,1-3H3. The Kier molecular flexibility index (Phi) is 2.96. The molecule has 84 valence electrons. The summed E-state index contributed by atoms with van der Waals surface area (Å²) in [4.78, 5) is 4.23. The smallest absolute Gasteiger partial charge is 0.160 e. The molecule has 0 fully saturated rings. The first-order chi connectivity index (χ1) is 7.72. The lowest BCUT2D eigenvalue weighted by atomic mass is 10.3. The molecular formula is C11H15N5. The molecule has 0 atom stereocenters. The summed E-state index contributed by atoms with van der Waals surface area (Å²) in [6, 6.07) is 3.92. The summed E-state index contributed by atoms with van der Waals surface area (Å²) in [7, 11) is 1.89. The second-order valence-electron chi connectivity index (χ2n) is 3.70. The molecule has 0 saturated carbocycles. The highest BCUT2D eigenvalue weighted by Crippen LogP contribution is 2.10. The third-order valence-corrected chi connectivity index (χ3v) is 2.56. The van der Waals surface area contributed by atoms with E-state index in [2.05, 4.69) is 20.5 Å². The van der Waals surface area contributed by atoms with Crippen LogP contribution in [0.25, 0.3) is 5.82 Å². The fraction of sp³-hybridized carbons (Fsp3) is 0.364. The van der Waals surface area contributed by atoms with E-state index in [9.17, 15) is 0 Å². The summed E-state index contributed by atoms with van der Waals surface area (Å²) in [5.74, 6) is 0.804. The maximum Gasteiger partial charge on any atom is 0.160 e. The van der Waals surface area contributed by atoms with Gasteiger partial charge in [0.05, 0.1) is 11.4 Å². The lowest BCUT2D eigenvalue weighted by Gasteiger charge is -2.04. The van der Waals surface area contributed by atoms with Gasteiger partial charge in [-0.3, -0.25) is 4.57 Å². The molecule has 0 bridgehead atoms. The molecule has 0 saturated heterocycles. The van der Waals surface area contributed by atoms with E-state index in [1.165, 1.54) is 0 Å².